The van der Waals surface area contributed by atoms with Crippen molar-refractivity contribution in [2.24, 2.45) is 0 Å². The Morgan fingerprint density at radius 3 is 2.56 bits per heavy atom. The van der Waals surface area contributed by atoms with Crippen LogP contribution in [-0.2, 0) is 0 Å². The predicted molar refractivity (Wildman–Crippen MR) is 65.1 cm³/mol. The Balaban J connectivity index is 2.11. The number of aromatic nitrogens is 1. The summed E-state index contributed by atoms with van der Waals surface area (Å²) in [5.41, 5.74) is 0.446. The molecule has 0 saturated heterocycles. The second-order valence-corrected chi connectivity index (χ2v) is 3.53. The number of nitrogens with one attached hydrogen (secondary N) is 1. The first kappa shape index (κ1) is 12.0. The first-order valence-corrected chi connectivity index (χ1v) is 5.27. The van der Waals surface area contributed by atoms with E-state index < -0.39 is 5.95 Å². The fourth-order valence-corrected chi connectivity index (χ4v) is 1.41. The van der Waals surface area contributed by atoms with Gasteiger partial charge in [-0.2, -0.15) is 4.39 Å². The third-order valence-corrected chi connectivity index (χ3v) is 2.31. The van der Waals surface area contributed by atoms with E-state index in [2.05, 4.69) is 10.3 Å². The number of hydrogen-bond donors (Lipinski definition) is 1. The number of carbonyl (C=O) groups excluding carboxylic acids is 1. The van der Waals surface area contributed by atoms with Gasteiger partial charge in [0.1, 0.15) is 11.6 Å². The van der Waals surface area contributed by atoms with Crippen molar-refractivity contribution in [3.8, 4) is 5.75 Å². The van der Waals surface area contributed by atoms with E-state index in [1.165, 1.54) is 18.2 Å². The fraction of sp³-hybridized carbons (Fsp3) is 0.0769. The molecule has 18 heavy (non-hydrogen) atoms. The van der Waals surface area contributed by atoms with Crippen LogP contribution >= 0.6 is 0 Å². The molecule has 0 fully saturated rings. The number of halogens is 1. The van der Waals surface area contributed by atoms with Gasteiger partial charge in [-0.15, -0.1) is 0 Å². The Bertz CT molecular complexity index is 555. The smallest absolute Gasteiger partial charge is 0.256 e. The molecular formula is C13H11FN2O2. The van der Waals surface area contributed by atoms with Crippen molar-refractivity contribution < 1.29 is 13.9 Å². The second-order valence-electron chi connectivity index (χ2n) is 3.53. The molecule has 0 unspecified atom stereocenters. The maximum atomic E-state index is 12.8. The number of benzene rings is 1. The third kappa shape index (κ3) is 2.82. The van der Waals surface area contributed by atoms with E-state index in [0.717, 1.165) is 0 Å². The molecule has 1 aromatic carbocycles. The highest BCUT2D eigenvalue weighted by atomic mass is 19.1. The summed E-state index contributed by atoms with van der Waals surface area (Å²) in [6.07, 6.45) is 0. The van der Waals surface area contributed by atoms with Crippen LogP contribution in [0.5, 0.6) is 5.75 Å². The van der Waals surface area contributed by atoms with Crippen LogP contribution in [0.25, 0.3) is 0 Å². The summed E-state index contributed by atoms with van der Waals surface area (Å²) in [4.78, 5) is 15.4. The van der Waals surface area contributed by atoms with E-state index in [1.54, 1.807) is 31.4 Å². The molecule has 0 aliphatic rings. The van der Waals surface area contributed by atoms with Gasteiger partial charge in [0, 0.05) is 5.56 Å². The summed E-state index contributed by atoms with van der Waals surface area (Å²) >= 11 is 0. The molecule has 0 radical (unpaired) electrons. The zero-order valence-corrected chi connectivity index (χ0v) is 9.68. The van der Waals surface area contributed by atoms with Gasteiger partial charge in [0.05, 0.1) is 7.11 Å². The Labute approximate surface area is 103 Å². The first-order chi connectivity index (χ1) is 8.69. The summed E-state index contributed by atoms with van der Waals surface area (Å²) in [5, 5.41) is 2.51. The maximum Gasteiger partial charge on any atom is 0.256 e. The molecule has 92 valence electrons. The third-order valence-electron chi connectivity index (χ3n) is 2.31. The molecule has 1 N–H and O–H groups in total. The molecule has 4 nitrogen and oxygen atoms in total. The molecule has 0 bridgehead atoms. The number of ether oxygens (including phenoxy) is 1. The summed E-state index contributed by atoms with van der Waals surface area (Å²) in [5.74, 6) is -0.149. The van der Waals surface area contributed by atoms with Crippen LogP contribution < -0.4 is 10.1 Å². The molecule has 1 heterocycles. The lowest BCUT2D eigenvalue weighted by atomic mass is 10.2. The SMILES string of the molecule is COc1ccc(C(=O)Nc2cccc(F)n2)cc1. The van der Waals surface area contributed by atoms with Crippen molar-refractivity contribution in [2.75, 3.05) is 12.4 Å². The molecule has 5 heteroatoms. The highest BCUT2D eigenvalue weighted by Gasteiger charge is 2.07. The predicted octanol–water partition coefficient (Wildman–Crippen LogP) is 2.48. The minimum absolute atomic E-state index is 0.177. The Hall–Kier alpha value is -2.43. The van der Waals surface area contributed by atoms with Crippen molar-refractivity contribution in [1.29, 1.82) is 0 Å². The lowest BCUT2D eigenvalue weighted by molar-refractivity contribution is 0.102. The van der Waals surface area contributed by atoms with Crippen molar-refractivity contribution in [3.05, 3.63) is 54.0 Å². The first-order valence-electron chi connectivity index (χ1n) is 5.27. The van der Waals surface area contributed by atoms with Crippen LogP contribution in [0.1, 0.15) is 10.4 Å². The van der Waals surface area contributed by atoms with Crippen LogP contribution in [0.4, 0.5) is 10.2 Å². The van der Waals surface area contributed by atoms with Crippen molar-refractivity contribution >= 4 is 11.7 Å². The van der Waals surface area contributed by atoms with E-state index in [-0.39, 0.29) is 11.7 Å². The van der Waals surface area contributed by atoms with Crippen LogP contribution in [0.2, 0.25) is 0 Å². The summed E-state index contributed by atoms with van der Waals surface area (Å²) < 4.78 is 17.8. The molecule has 2 aromatic rings. The fourth-order valence-electron chi connectivity index (χ4n) is 1.41. The van der Waals surface area contributed by atoms with Gasteiger partial charge >= 0.3 is 0 Å². The standard InChI is InChI=1S/C13H11FN2O2/c1-18-10-7-5-9(6-8-10)13(17)16-12-4-2-3-11(14)15-12/h2-8H,1H3,(H,15,16,17). The minimum Gasteiger partial charge on any atom is -0.497 e. The van der Waals surface area contributed by atoms with Crippen molar-refractivity contribution in [2.45, 2.75) is 0 Å². The van der Waals surface area contributed by atoms with Gasteiger partial charge in [-0.3, -0.25) is 4.79 Å². The molecular weight excluding hydrogens is 235 g/mol. The van der Waals surface area contributed by atoms with Gasteiger partial charge in [-0.1, -0.05) is 6.07 Å². The maximum absolute atomic E-state index is 12.8. The number of hydrogen-bond acceptors (Lipinski definition) is 3. The van der Waals surface area contributed by atoms with Crippen LogP contribution in [0.15, 0.2) is 42.5 Å². The van der Waals surface area contributed by atoms with Gasteiger partial charge in [-0.25, -0.2) is 4.98 Å². The lowest BCUT2D eigenvalue weighted by Crippen LogP contribution is -2.13. The van der Waals surface area contributed by atoms with Gasteiger partial charge in [-0.05, 0) is 36.4 Å². The van der Waals surface area contributed by atoms with E-state index in [0.29, 0.717) is 11.3 Å². The number of pyridine rings is 1. The van der Waals surface area contributed by atoms with Crippen molar-refractivity contribution in [3.63, 3.8) is 0 Å². The minimum atomic E-state index is -0.637. The molecule has 0 saturated carbocycles. The number of anilines is 1. The Morgan fingerprint density at radius 1 is 1.22 bits per heavy atom. The number of nitrogens with zero attached hydrogens (tertiary/aromatic N) is 1. The van der Waals surface area contributed by atoms with Crippen LogP contribution in [0, 0.1) is 5.95 Å². The molecule has 1 amide bonds. The van der Waals surface area contributed by atoms with Crippen LogP contribution in [-0.4, -0.2) is 18.0 Å². The number of rotatable bonds is 3. The summed E-state index contributed by atoms with van der Waals surface area (Å²) in [7, 11) is 1.55. The highest BCUT2D eigenvalue weighted by molar-refractivity contribution is 6.03. The van der Waals surface area contributed by atoms with Gasteiger partial charge < -0.3 is 10.1 Å². The van der Waals surface area contributed by atoms with Crippen LogP contribution in [0.3, 0.4) is 0 Å². The number of amides is 1. The number of methoxy groups -OCH3 is 1. The van der Waals surface area contributed by atoms with Gasteiger partial charge in [0.25, 0.3) is 5.91 Å². The molecule has 0 aliphatic carbocycles. The lowest BCUT2D eigenvalue weighted by Gasteiger charge is -2.05. The van der Waals surface area contributed by atoms with Gasteiger partial charge in [0.15, 0.2) is 0 Å². The zero-order valence-electron chi connectivity index (χ0n) is 9.68. The molecule has 0 aliphatic heterocycles. The highest BCUT2D eigenvalue weighted by Crippen LogP contribution is 2.12. The average Bonchev–Trinajstić information content (AvgIpc) is 2.39. The normalized spacial score (nSPS) is 9.89. The monoisotopic (exact) mass is 246 g/mol. The summed E-state index contributed by atoms with van der Waals surface area (Å²) in [6, 6.07) is 10.8. The Kier molecular flexibility index (Phi) is 3.52. The molecule has 1 aromatic heterocycles. The summed E-state index contributed by atoms with van der Waals surface area (Å²) in [6.45, 7) is 0. The van der Waals surface area contributed by atoms with E-state index in [1.807, 2.05) is 0 Å². The number of carbonyl (C=O) groups is 1. The van der Waals surface area contributed by atoms with Crippen molar-refractivity contribution in [1.82, 2.24) is 4.98 Å². The topological polar surface area (TPSA) is 51.2 Å². The average molecular weight is 246 g/mol. The molecule has 0 spiro atoms. The van der Waals surface area contributed by atoms with E-state index in [9.17, 15) is 9.18 Å². The largest absolute Gasteiger partial charge is 0.497 e. The second kappa shape index (κ2) is 5.27. The van der Waals surface area contributed by atoms with Gasteiger partial charge in [0.2, 0.25) is 5.95 Å². The van der Waals surface area contributed by atoms with E-state index in [4.69, 9.17) is 4.74 Å². The molecule has 0 atom stereocenters. The zero-order chi connectivity index (χ0) is 13.0. The quantitative estimate of drug-likeness (QED) is 0.846. The molecule has 2 rings (SSSR count). The Morgan fingerprint density at radius 2 is 1.94 bits per heavy atom. The van der Waals surface area contributed by atoms with E-state index >= 15 is 0 Å².